The number of carbonyl (C=O) groups is 2. The number of nitrogens with one attached hydrogen (secondary N) is 1. The molecule has 0 saturated heterocycles. The van der Waals surface area contributed by atoms with Crippen molar-refractivity contribution in [3.63, 3.8) is 0 Å². The van der Waals surface area contributed by atoms with Gasteiger partial charge < -0.3 is 21.3 Å². The Morgan fingerprint density at radius 2 is 1.14 bits per heavy atom. The lowest BCUT2D eigenvalue weighted by Crippen LogP contribution is -2.11. The number of para-hydroxylation sites is 4. The minimum atomic E-state index is -0.406. The van der Waals surface area contributed by atoms with Gasteiger partial charge in [-0.1, -0.05) is 31.7 Å². The third-order valence-electron chi connectivity index (χ3n) is 4.27. The minimum Gasteiger partial charge on any atom is -0.506 e. The summed E-state index contributed by atoms with van der Waals surface area (Å²) in [6, 6.07) is 27.7. The predicted molar refractivity (Wildman–Crippen MR) is 164 cm³/mol. The van der Waals surface area contributed by atoms with Gasteiger partial charge in [-0.05, 0) is 130 Å². The monoisotopic (exact) mass is 730 g/mol. The fourth-order valence-electron chi connectivity index (χ4n) is 2.44. The maximum Gasteiger partial charge on any atom is 0.255 e. The van der Waals surface area contributed by atoms with E-state index in [-0.39, 0.29) is 24.8 Å². The van der Waals surface area contributed by atoms with Crippen molar-refractivity contribution in [3.8, 4) is 11.5 Å². The van der Waals surface area contributed by atoms with E-state index in [1.54, 1.807) is 66.7 Å². The molecule has 0 unspecified atom stereocenters. The number of aromatic hydroxyl groups is 2. The lowest BCUT2D eigenvalue weighted by molar-refractivity contribution is 0.102. The number of amides is 1. The van der Waals surface area contributed by atoms with Crippen LogP contribution in [0.3, 0.4) is 0 Å². The van der Waals surface area contributed by atoms with Crippen LogP contribution in [0.2, 0.25) is 0 Å². The van der Waals surface area contributed by atoms with Crippen molar-refractivity contribution in [1.82, 2.24) is 0 Å². The number of carbonyl (C=O) groups excluding carboxylic acids is 2. The van der Waals surface area contributed by atoms with Gasteiger partial charge in [-0.3, -0.25) is 9.59 Å². The zero-order valence-electron chi connectivity index (χ0n) is 18.2. The minimum absolute atomic E-state index is 0. The summed E-state index contributed by atoms with van der Waals surface area (Å²) in [6.45, 7) is 0. The number of benzene rings is 4. The van der Waals surface area contributed by atoms with Gasteiger partial charge in [-0.2, -0.15) is 0 Å². The molecule has 0 aliphatic carbocycles. The second kappa shape index (κ2) is 16.0. The number of phenols is 2. The average molecular weight is 731 g/mol. The molecule has 0 saturated carbocycles. The summed E-state index contributed by atoms with van der Waals surface area (Å²) >= 11 is 9.56. The summed E-state index contributed by atoms with van der Waals surface area (Å²) in [5.74, 6) is -0.0261. The van der Waals surface area contributed by atoms with Gasteiger partial charge >= 0.3 is 0 Å². The number of hydrogen-bond donors (Lipinski definition) is 4. The molecular formula is C27H25ClI2N2O4. The highest BCUT2D eigenvalue weighted by atomic mass is 127. The van der Waals surface area contributed by atoms with Crippen molar-refractivity contribution in [2.24, 2.45) is 0 Å². The molecule has 188 valence electrons. The number of anilines is 2. The number of rotatable bonds is 3. The fourth-order valence-corrected chi connectivity index (χ4v) is 3.29. The molecule has 4 aromatic rings. The summed E-state index contributed by atoms with van der Waals surface area (Å²) in [7, 11) is 0. The van der Waals surface area contributed by atoms with Crippen molar-refractivity contribution in [3.05, 3.63) is 115 Å². The van der Waals surface area contributed by atoms with Gasteiger partial charge in [0.25, 0.3) is 11.1 Å². The molecule has 0 aliphatic heterocycles. The third kappa shape index (κ3) is 10.8. The fraction of sp³-hybridized carbons (Fsp3) is 0.0370. The van der Waals surface area contributed by atoms with E-state index in [4.69, 9.17) is 22.4 Å². The van der Waals surface area contributed by atoms with Crippen LogP contribution >= 0.6 is 56.8 Å². The van der Waals surface area contributed by atoms with E-state index in [1.165, 1.54) is 6.07 Å². The third-order valence-corrected chi connectivity index (χ3v) is 5.92. The number of nitrogens with two attached hydrogens (primary N) is 1. The Morgan fingerprint density at radius 1 is 0.694 bits per heavy atom. The Balaban J connectivity index is 0.000000291. The number of halogens is 3. The van der Waals surface area contributed by atoms with Crippen LogP contribution in [0.5, 0.6) is 11.5 Å². The molecule has 0 fully saturated rings. The summed E-state index contributed by atoms with van der Waals surface area (Å²) in [5.41, 5.74) is 7.21. The van der Waals surface area contributed by atoms with Crippen molar-refractivity contribution < 1.29 is 19.8 Å². The first-order valence-corrected chi connectivity index (χ1v) is 12.5. The molecule has 0 aliphatic rings. The molecule has 0 atom stereocenters. The standard InChI is InChI=1S/C13H10INO2.C7H4ClIO.C6H7NO.CH4/c14-10-7-5-9(6-8-10)13(17)15-11-3-1-2-4-12(11)16;8-7(10)5-1-3-6(9)4-2-5;7-5-3-1-2-4-6(5)8;/h1-8,16H,(H,15,17);1-4H;1-4,8H,7H2;1H4. The van der Waals surface area contributed by atoms with Gasteiger partial charge in [0, 0.05) is 18.3 Å². The van der Waals surface area contributed by atoms with Crippen molar-refractivity contribution in [2.75, 3.05) is 11.1 Å². The van der Waals surface area contributed by atoms with Crippen LogP contribution in [-0.2, 0) is 0 Å². The van der Waals surface area contributed by atoms with E-state index in [2.05, 4.69) is 50.5 Å². The maximum absolute atomic E-state index is 11.9. The molecule has 4 aromatic carbocycles. The van der Waals surface area contributed by atoms with Gasteiger partial charge in [-0.25, -0.2) is 0 Å². The molecule has 36 heavy (non-hydrogen) atoms. The molecule has 0 aromatic heterocycles. The quantitative estimate of drug-likeness (QED) is 0.0754. The summed E-state index contributed by atoms with van der Waals surface area (Å²) in [4.78, 5) is 22.4. The second-order valence-electron chi connectivity index (χ2n) is 6.82. The Labute approximate surface area is 242 Å². The maximum atomic E-state index is 11.9. The highest BCUT2D eigenvalue weighted by molar-refractivity contribution is 14.1. The SMILES string of the molecule is C.Nc1ccccc1O.O=C(Cl)c1ccc(I)cc1.O=C(Nc1ccccc1O)c1ccc(I)cc1. The van der Waals surface area contributed by atoms with Gasteiger partial charge in [0.1, 0.15) is 11.5 Å². The zero-order chi connectivity index (χ0) is 25.8. The molecule has 1 amide bonds. The van der Waals surface area contributed by atoms with E-state index < -0.39 is 5.24 Å². The van der Waals surface area contributed by atoms with Gasteiger partial charge in [0.15, 0.2) is 0 Å². The number of phenolic OH excluding ortho intramolecular Hbond substituents is 2. The van der Waals surface area contributed by atoms with E-state index in [1.807, 2.05) is 24.3 Å². The summed E-state index contributed by atoms with van der Waals surface area (Å²) in [6.07, 6.45) is 0. The van der Waals surface area contributed by atoms with Crippen LogP contribution in [0.4, 0.5) is 11.4 Å². The first-order chi connectivity index (χ1) is 16.7. The second-order valence-corrected chi connectivity index (χ2v) is 9.65. The number of nitrogen functional groups attached to an aromatic ring is 1. The van der Waals surface area contributed by atoms with E-state index >= 15 is 0 Å². The molecule has 4 rings (SSSR count). The van der Waals surface area contributed by atoms with Crippen LogP contribution in [0.15, 0.2) is 97.1 Å². The molecular weight excluding hydrogens is 706 g/mol. The lowest BCUT2D eigenvalue weighted by Gasteiger charge is -2.06. The normalized spacial score (nSPS) is 9.31. The topological polar surface area (TPSA) is 113 Å². The number of hydrogen-bond acceptors (Lipinski definition) is 5. The summed E-state index contributed by atoms with van der Waals surface area (Å²) in [5, 5.41) is 20.6. The highest BCUT2D eigenvalue weighted by Crippen LogP contribution is 2.22. The molecule has 0 bridgehead atoms. The molecule has 5 N–H and O–H groups in total. The molecule has 0 radical (unpaired) electrons. The Morgan fingerprint density at radius 3 is 1.56 bits per heavy atom. The molecule has 9 heteroatoms. The Kier molecular flexibility index (Phi) is 13.9. The molecule has 0 heterocycles. The summed E-state index contributed by atoms with van der Waals surface area (Å²) < 4.78 is 2.17. The van der Waals surface area contributed by atoms with E-state index in [9.17, 15) is 14.7 Å². The molecule has 0 spiro atoms. The Bertz CT molecular complexity index is 1250. The van der Waals surface area contributed by atoms with Crippen LogP contribution < -0.4 is 11.1 Å². The van der Waals surface area contributed by atoms with E-state index in [0.29, 0.717) is 22.5 Å². The van der Waals surface area contributed by atoms with Gasteiger partial charge in [-0.15, -0.1) is 0 Å². The molecule has 6 nitrogen and oxygen atoms in total. The smallest absolute Gasteiger partial charge is 0.255 e. The average Bonchev–Trinajstić information content (AvgIpc) is 2.84. The van der Waals surface area contributed by atoms with Crippen LogP contribution in [0.1, 0.15) is 28.1 Å². The van der Waals surface area contributed by atoms with Crippen LogP contribution in [0, 0.1) is 7.14 Å². The zero-order valence-corrected chi connectivity index (χ0v) is 23.2. The predicted octanol–water partition coefficient (Wildman–Crippen LogP) is 7.53. The van der Waals surface area contributed by atoms with Crippen molar-refractivity contribution in [1.29, 1.82) is 0 Å². The Hall–Kier alpha value is -2.83. The van der Waals surface area contributed by atoms with E-state index in [0.717, 1.165) is 7.14 Å². The highest BCUT2D eigenvalue weighted by Gasteiger charge is 2.07. The van der Waals surface area contributed by atoms with Crippen molar-refractivity contribution >= 4 is 79.3 Å². The first-order valence-electron chi connectivity index (χ1n) is 10.0. The van der Waals surface area contributed by atoms with Gasteiger partial charge in [0.2, 0.25) is 0 Å². The lowest BCUT2D eigenvalue weighted by atomic mass is 10.2. The van der Waals surface area contributed by atoms with Crippen LogP contribution in [-0.4, -0.2) is 21.4 Å². The first kappa shape index (κ1) is 31.2. The van der Waals surface area contributed by atoms with Gasteiger partial charge in [0.05, 0.1) is 11.4 Å². The van der Waals surface area contributed by atoms with Crippen LogP contribution in [0.25, 0.3) is 0 Å². The largest absolute Gasteiger partial charge is 0.506 e. The van der Waals surface area contributed by atoms with Crippen molar-refractivity contribution in [2.45, 2.75) is 7.43 Å².